The summed E-state index contributed by atoms with van der Waals surface area (Å²) in [6.07, 6.45) is 13.6. The molecule has 5 heteroatoms. The van der Waals surface area contributed by atoms with E-state index in [0.29, 0.717) is 0 Å². The lowest BCUT2D eigenvalue weighted by Crippen LogP contribution is -2.37. The molecule has 0 bridgehead atoms. The van der Waals surface area contributed by atoms with Crippen molar-refractivity contribution in [2.75, 3.05) is 13.7 Å². The van der Waals surface area contributed by atoms with Crippen LogP contribution in [-0.2, 0) is 9.53 Å². The van der Waals surface area contributed by atoms with E-state index in [9.17, 15) is 9.59 Å². The summed E-state index contributed by atoms with van der Waals surface area (Å²) in [5.41, 5.74) is 0. The Kier molecular flexibility index (Phi) is 14.4. The van der Waals surface area contributed by atoms with Crippen LogP contribution in [0.2, 0.25) is 0 Å². The zero-order chi connectivity index (χ0) is 17.3. The number of ether oxygens (including phenoxy) is 1. The Morgan fingerprint density at radius 1 is 1.04 bits per heavy atom. The lowest BCUT2D eigenvalue weighted by atomic mass is 10.0. The Balaban J connectivity index is 4.14. The third-order valence-corrected chi connectivity index (χ3v) is 3.67. The number of hydrogen-bond donors (Lipinski definition) is 2. The highest BCUT2D eigenvalue weighted by atomic mass is 16.6. The summed E-state index contributed by atoms with van der Waals surface area (Å²) in [5.74, 6) is -0.302. The normalized spacial score (nSPS) is 12.1. The summed E-state index contributed by atoms with van der Waals surface area (Å²) in [5, 5.41) is 5.32. The second-order valence-electron chi connectivity index (χ2n) is 5.75. The van der Waals surface area contributed by atoms with Crippen LogP contribution < -0.4 is 10.6 Å². The Labute approximate surface area is 141 Å². The van der Waals surface area contributed by atoms with Crippen LogP contribution in [-0.4, -0.2) is 31.7 Å². The average Bonchev–Trinajstić information content (AvgIpc) is 2.55. The van der Waals surface area contributed by atoms with Gasteiger partial charge in [0, 0.05) is 13.1 Å². The Morgan fingerprint density at radius 2 is 1.78 bits per heavy atom. The lowest BCUT2D eigenvalue weighted by Gasteiger charge is -2.18. The first-order valence-corrected chi connectivity index (χ1v) is 8.92. The van der Waals surface area contributed by atoms with Crippen LogP contribution in [0.3, 0.4) is 0 Å². The second kappa shape index (κ2) is 15.4. The number of carbonyl (C=O) groups excluding carboxylic acids is 2. The van der Waals surface area contributed by atoms with E-state index in [2.05, 4.69) is 36.6 Å². The molecule has 0 spiro atoms. The van der Waals surface area contributed by atoms with Crippen LogP contribution in [0.4, 0.5) is 4.79 Å². The summed E-state index contributed by atoms with van der Waals surface area (Å²) in [7, 11) is 1.52. The van der Waals surface area contributed by atoms with Gasteiger partial charge < -0.3 is 15.4 Å². The van der Waals surface area contributed by atoms with Gasteiger partial charge in [-0.15, -0.1) is 0 Å². The van der Waals surface area contributed by atoms with Crippen LogP contribution in [0.15, 0.2) is 12.2 Å². The lowest BCUT2D eigenvalue weighted by molar-refractivity contribution is -0.123. The van der Waals surface area contributed by atoms with Gasteiger partial charge in [0.2, 0.25) is 0 Å². The number of carbonyl (C=O) groups is 2. The molecule has 134 valence electrons. The highest BCUT2D eigenvalue weighted by Crippen LogP contribution is 2.11. The van der Waals surface area contributed by atoms with Crippen LogP contribution in [0.5, 0.6) is 0 Å². The first kappa shape index (κ1) is 21.5. The van der Waals surface area contributed by atoms with E-state index in [1.807, 2.05) is 0 Å². The van der Waals surface area contributed by atoms with Crippen molar-refractivity contribution < 1.29 is 14.3 Å². The quantitative estimate of drug-likeness (QED) is 0.398. The van der Waals surface area contributed by atoms with Crippen molar-refractivity contribution in [1.82, 2.24) is 10.6 Å². The van der Waals surface area contributed by atoms with Crippen molar-refractivity contribution in [1.29, 1.82) is 0 Å². The van der Waals surface area contributed by atoms with E-state index in [1.165, 1.54) is 26.3 Å². The number of alkyl carbamates (subject to hydrolysis) is 1. The number of allylic oxidation sites excluding steroid dienone is 2. The molecule has 23 heavy (non-hydrogen) atoms. The van der Waals surface area contributed by atoms with Gasteiger partial charge in [-0.25, -0.2) is 4.79 Å². The van der Waals surface area contributed by atoms with E-state index in [-0.39, 0.29) is 18.6 Å². The first-order chi connectivity index (χ1) is 11.1. The molecule has 5 nitrogen and oxygen atoms in total. The summed E-state index contributed by atoms with van der Waals surface area (Å²) in [6.45, 7) is 4.08. The maximum absolute atomic E-state index is 11.8. The molecule has 1 unspecified atom stereocenters. The van der Waals surface area contributed by atoms with Crippen molar-refractivity contribution in [2.24, 2.45) is 0 Å². The largest absolute Gasteiger partial charge is 0.439 e. The fourth-order valence-electron chi connectivity index (χ4n) is 2.28. The summed E-state index contributed by atoms with van der Waals surface area (Å²) >= 11 is 0. The molecular weight excluding hydrogens is 292 g/mol. The molecule has 0 aliphatic rings. The second-order valence-corrected chi connectivity index (χ2v) is 5.75. The topological polar surface area (TPSA) is 67.4 Å². The van der Waals surface area contributed by atoms with Crippen molar-refractivity contribution in [3.8, 4) is 0 Å². The molecule has 0 heterocycles. The minimum absolute atomic E-state index is 0.124. The summed E-state index contributed by atoms with van der Waals surface area (Å²) in [6, 6.07) is 0.124. The summed E-state index contributed by atoms with van der Waals surface area (Å²) < 4.78 is 4.92. The molecule has 0 aromatic rings. The highest BCUT2D eigenvalue weighted by molar-refractivity contribution is 5.79. The monoisotopic (exact) mass is 326 g/mol. The van der Waals surface area contributed by atoms with E-state index in [4.69, 9.17) is 4.74 Å². The van der Waals surface area contributed by atoms with E-state index < -0.39 is 6.09 Å². The van der Waals surface area contributed by atoms with Crippen molar-refractivity contribution in [3.63, 3.8) is 0 Å². The number of rotatable bonds is 13. The van der Waals surface area contributed by atoms with Gasteiger partial charge in [0.25, 0.3) is 5.91 Å². The molecule has 1 atom stereocenters. The smallest absolute Gasteiger partial charge is 0.407 e. The molecule has 2 N–H and O–H groups in total. The number of likely N-dealkylation sites (N-methyl/N-ethyl adjacent to an activating group) is 1. The molecule has 0 radical (unpaired) electrons. The number of unbranched alkanes of at least 4 members (excludes halogenated alkanes) is 4. The Bertz CT molecular complexity index is 343. The molecule has 0 aromatic carbocycles. The van der Waals surface area contributed by atoms with E-state index in [0.717, 1.165) is 38.5 Å². The van der Waals surface area contributed by atoms with Gasteiger partial charge in [0.1, 0.15) is 0 Å². The van der Waals surface area contributed by atoms with Gasteiger partial charge in [0.15, 0.2) is 6.61 Å². The SMILES string of the molecule is CCC=CCCCC(CCCCCC)NC(=O)OCC(=O)NC. The fraction of sp³-hybridized carbons (Fsp3) is 0.778. The Hall–Kier alpha value is -1.52. The van der Waals surface area contributed by atoms with Crippen LogP contribution >= 0.6 is 0 Å². The molecular formula is C18H34N2O3. The number of hydrogen-bond acceptors (Lipinski definition) is 3. The average molecular weight is 326 g/mol. The van der Waals surface area contributed by atoms with E-state index >= 15 is 0 Å². The van der Waals surface area contributed by atoms with Crippen LogP contribution in [0, 0.1) is 0 Å². The van der Waals surface area contributed by atoms with Crippen LogP contribution in [0.25, 0.3) is 0 Å². The molecule has 0 aliphatic carbocycles. The molecule has 2 amide bonds. The molecule has 0 fully saturated rings. The van der Waals surface area contributed by atoms with E-state index in [1.54, 1.807) is 0 Å². The maximum atomic E-state index is 11.8. The van der Waals surface area contributed by atoms with Gasteiger partial charge in [-0.05, 0) is 32.1 Å². The third-order valence-electron chi connectivity index (χ3n) is 3.67. The number of nitrogens with one attached hydrogen (secondary N) is 2. The highest BCUT2D eigenvalue weighted by Gasteiger charge is 2.13. The van der Waals surface area contributed by atoms with Crippen LogP contribution in [0.1, 0.15) is 71.6 Å². The zero-order valence-electron chi connectivity index (χ0n) is 15.0. The fourth-order valence-corrected chi connectivity index (χ4v) is 2.28. The van der Waals surface area contributed by atoms with Gasteiger partial charge in [0.05, 0.1) is 0 Å². The minimum atomic E-state index is -0.502. The molecule has 0 aromatic heterocycles. The predicted molar refractivity (Wildman–Crippen MR) is 94.4 cm³/mol. The molecule has 0 saturated carbocycles. The third kappa shape index (κ3) is 13.8. The molecule has 0 aliphatic heterocycles. The van der Waals surface area contributed by atoms with Crippen molar-refractivity contribution in [3.05, 3.63) is 12.2 Å². The standard InChI is InChI=1S/C18H34N2O3/c1-4-6-8-10-12-14-16(13-11-9-7-5-2)20-18(22)23-15-17(21)19-3/h6,8,16H,4-5,7,9-15H2,1-3H3,(H,19,21)(H,20,22). The van der Waals surface area contributed by atoms with Gasteiger partial charge in [-0.1, -0.05) is 51.7 Å². The van der Waals surface area contributed by atoms with Gasteiger partial charge >= 0.3 is 6.09 Å². The van der Waals surface area contributed by atoms with Gasteiger partial charge in [-0.2, -0.15) is 0 Å². The predicted octanol–water partition coefficient (Wildman–Crippen LogP) is 3.93. The van der Waals surface area contributed by atoms with Crippen molar-refractivity contribution >= 4 is 12.0 Å². The molecule has 0 rings (SSSR count). The maximum Gasteiger partial charge on any atom is 0.407 e. The Morgan fingerprint density at radius 3 is 2.43 bits per heavy atom. The molecule has 0 saturated heterocycles. The summed E-state index contributed by atoms with van der Waals surface area (Å²) in [4.78, 5) is 22.9. The van der Waals surface area contributed by atoms with Gasteiger partial charge in [-0.3, -0.25) is 4.79 Å². The number of amides is 2. The zero-order valence-corrected chi connectivity index (χ0v) is 15.0. The minimum Gasteiger partial charge on any atom is -0.439 e. The first-order valence-electron chi connectivity index (χ1n) is 8.92. The van der Waals surface area contributed by atoms with Crippen molar-refractivity contribution in [2.45, 2.75) is 77.7 Å².